The summed E-state index contributed by atoms with van der Waals surface area (Å²) in [5.74, 6) is -1.83. The fourth-order valence-corrected chi connectivity index (χ4v) is 7.87. The molecule has 322 valence electrons. The number of carboxylic acids is 1. The van der Waals surface area contributed by atoms with Crippen molar-refractivity contribution in [2.45, 2.75) is 135 Å². The lowest BCUT2D eigenvalue weighted by Gasteiger charge is -2.40. The molecule has 2 amide bonds. The van der Waals surface area contributed by atoms with Crippen molar-refractivity contribution < 1.29 is 38.2 Å². The summed E-state index contributed by atoms with van der Waals surface area (Å²) in [7, 11) is -0.827. The number of ether oxygens (including phenoxy) is 2. The molecule has 0 saturated carbocycles. The zero-order valence-electron chi connectivity index (χ0n) is 36.1. The van der Waals surface area contributed by atoms with E-state index in [1.165, 1.54) is 11.9 Å². The van der Waals surface area contributed by atoms with Gasteiger partial charge in [0.15, 0.2) is 8.32 Å². The predicted molar refractivity (Wildman–Crippen MR) is 238 cm³/mol. The van der Waals surface area contributed by atoms with Crippen molar-refractivity contribution in [3.8, 4) is 5.75 Å². The Bertz CT molecular complexity index is 1870. The van der Waals surface area contributed by atoms with Crippen LogP contribution in [0.4, 0.5) is 0 Å². The molecule has 0 spiro atoms. The summed E-state index contributed by atoms with van der Waals surface area (Å²) in [6, 6.07) is 21.6. The minimum atomic E-state index is -2.26. The number of carbonyl (C=O) groups excluding carboxylic acids is 3. The highest BCUT2D eigenvalue weighted by atomic mass is 79.9. The third-order valence-electron chi connectivity index (χ3n) is 10.8. The highest BCUT2D eigenvalue weighted by Crippen LogP contribution is 2.40. The Kier molecular flexibility index (Phi) is 19.0. The summed E-state index contributed by atoms with van der Waals surface area (Å²) in [5, 5.41) is 12.7. The number of carboxylic acid groups (broad SMARTS) is 1. The van der Waals surface area contributed by atoms with Crippen LogP contribution in [-0.4, -0.2) is 73.4 Å². The molecule has 0 heterocycles. The van der Waals surface area contributed by atoms with Gasteiger partial charge in [0.1, 0.15) is 30.5 Å². The number of unbranched alkanes of at least 4 members (excludes halogenated alkanes) is 1. The maximum Gasteiger partial charge on any atom is 0.326 e. The number of esters is 1. The van der Waals surface area contributed by atoms with Gasteiger partial charge in [-0.15, -0.1) is 0 Å². The standard InChI is InChI=1S/C46H64BrN3O8Si/c1-31(24-25-32(2)57-45(55)41(48)42(36-21-14-11-15-22-36)58-59(8,9)46(4,5)6)18-16-17-23-40(51)49-33(3)43(52)50(7)38(44(53)54)29-35-26-27-39(37(47)28-35)56-30-34-19-12-10-13-20-34/h10-15,18-22,26-28,32-33,38,41-42H,16-17,23-25,29-30,48H2,1-9H3,(H,49,51)(H,53,54)/b31-18+/t32-,33-,38+,41?,42?/m0/s1. The van der Waals surface area contributed by atoms with E-state index >= 15 is 0 Å². The lowest BCUT2D eigenvalue weighted by atomic mass is 10.0. The third-order valence-corrected chi connectivity index (χ3v) is 15.9. The number of nitrogens with zero attached hydrogens (tertiary/aromatic N) is 1. The van der Waals surface area contributed by atoms with Crippen LogP contribution in [0, 0.1) is 0 Å². The molecule has 0 aliphatic rings. The number of nitrogens with two attached hydrogens (primary N) is 1. The molecule has 3 rings (SSSR count). The molecule has 3 aromatic carbocycles. The number of rotatable bonds is 22. The maximum absolute atomic E-state index is 13.3. The Morgan fingerprint density at radius 3 is 2.17 bits per heavy atom. The summed E-state index contributed by atoms with van der Waals surface area (Å²) < 4.78 is 19.0. The first kappa shape index (κ1) is 49.1. The lowest BCUT2D eigenvalue weighted by molar-refractivity contribution is -0.152. The van der Waals surface area contributed by atoms with E-state index in [0.29, 0.717) is 48.1 Å². The summed E-state index contributed by atoms with van der Waals surface area (Å²) in [4.78, 5) is 52.8. The van der Waals surface area contributed by atoms with E-state index in [4.69, 9.17) is 19.6 Å². The number of nitrogens with one attached hydrogen (secondary N) is 1. The second-order valence-electron chi connectivity index (χ2n) is 16.8. The minimum Gasteiger partial charge on any atom is -0.488 e. The zero-order chi connectivity index (χ0) is 43.9. The number of hydrogen-bond donors (Lipinski definition) is 3. The smallest absolute Gasteiger partial charge is 0.326 e. The van der Waals surface area contributed by atoms with Crippen molar-refractivity contribution in [1.82, 2.24) is 10.2 Å². The molecule has 13 heteroatoms. The monoisotopic (exact) mass is 893 g/mol. The Labute approximate surface area is 360 Å². The largest absolute Gasteiger partial charge is 0.488 e. The lowest BCUT2D eigenvalue weighted by Crippen LogP contribution is -2.51. The highest BCUT2D eigenvalue weighted by molar-refractivity contribution is 9.10. The van der Waals surface area contributed by atoms with Gasteiger partial charge in [-0.05, 0) is 109 Å². The molecule has 2 unspecified atom stereocenters. The number of likely N-dealkylation sites (N-methyl/N-ethyl adjacent to an activating group) is 1. The van der Waals surface area contributed by atoms with Gasteiger partial charge in [0, 0.05) is 19.9 Å². The van der Waals surface area contributed by atoms with E-state index < -0.39 is 50.4 Å². The van der Waals surface area contributed by atoms with E-state index in [1.807, 2.05) is 74.5 Å². The molecular weight excluding hydrogens is 831 g/mol. The van der Waals surface area contributed by atoms with Crippen LogP contribution in [0.1, 0.15) is 96.4 Å². The van der Waals surface area contributed by atoms with Crippen molar-refractivity contribution in [3.05, 3.63) is 112 Å². The predicted octanol–water partition coefficient (Wildman–Crippen LogP) is 8.91. The fourth-order valence-electron chi connectivity index (χ4n) is 6.06. The number of hydrogen-bond acceptors (Lipinski definition) is 8. The van der Waals surface area contributed by atoms with E-state index in [2.05, 4.69) is 61.2 Å². The van der Waals surface area contributed by atoms with Gasteiger partial charge in [-0.25, -0.2) is 4.79 Å². The van der Waals surface area contributed by atoms with Gasteiger partial charge in [-0.1, -0.05) is 99.2 Å². The molecular formula is C46H64BrN3O8Si. The molecule has 0 aliphatic carbocycles. The van der Waals surface area contributed by atoms with Gasteiger partial charge in [0.25, 0.3) is 0 Å². The van der Waals surface area contributed by atoms with Gasteiger partial charge in [-0.2, -0.15) is 0 Å². The van der Waals surface area contributed by atoms with Gasteiger partial charge >= 0.3 is 11.9 Å². The van der Waals surface area contributed by atoms with Gasteiger partial charge < -0.3 is 35.0 Å². The van der Waals surface area contributed by atoms with Crippen LogP contribution in [0.2, 0.25) is 18.1 Å². The summed E-state index contributed by atoms with van der Waals surface area (Å²) >= 11 is 3.52. The Balaban J connectivity index is 1.43. The van der Waals surface area contributed by atoms with Crippen LogP contribution < -0.4 is 15.8 Å². The molecule has 0 aliphatic heterocycles. The molecule has 0 radical (unpaired) electrons. The van der Waals surface area contributed by atoms with Gasteiger partial charge in [-0.3, -0.25) is 14.4 Å². The summed E-state index contributed by atoms with van der Waals surface area (Å²) in [5.41, 5.74) is 10.2. The minimum absolute atomic E-state index is 0.0668. The maximum atomic E-state index is 13.3. The fraction of sp³-hybridized carbons (Fsp3) is 0.478. The van der Waals surface area contributed by atoms with Crippen molar-refractivity contribution in [2.75, 3.05) is 7.05 Å². The topological polar surface area (TPSA) is 157 Å². The number of aliphatic carboxylic acids is 1. The second kappa shape index (κ2) is 22.9. The second-order valence-corrected chi connectivity index (χ2v) is 22.4. The first-order chi connectivity index (χ1) is 27.7. The van der Waals surface area contributed by atoms with Crippen LogP contribution in [0.3, 0.4) is 0 Å². The highest BCUT2D eigenvalue weighted by Gasteiger charge is 2.42. The summed E-state index contributed by atoms with van der Waals surface area (Å²) in [6.45, 7) is 16.5. The van der Waals surface area contributed by atoms with Crippen molar-refractivity contribution in [3.63, 3.8) is 0 Å². The Hall–Kier alpha value is -4.30. The van der Waals surface area contributed by atoms with Gasteiger partial charge in [0.05, 0.1) is 16.7 Å². The van der Waals surface area contributed by atoms with E-state index in [9.17, 15) is 24.3 Å². The van der Waals surface area contributed by atoms with Crippen molar-refractivity contribution in [2.24, 2.45) is 5.73 Å². The average Bonchev–Trinajstić information content (AvgIpc) is 3.18. The molecule has 0 saturated heterocycles. The molecule has 3 aromatic rings. The van der Waals surface area contributed by atoms with E-state index in [1.54, 1.807) is 25.1 Å². The van der Waals surface area contributed by atoms with Crippen LogP contribution in [0.25, 0.3) is 0 Å². The van der Waals surface area contributed by atoms with E-state index in [0.717, 1.165) is 16.7 Å². The molecule has 5 atom stereocenters. The normalized spacial score (nSPS) is 14.7. The number of allylic oxidation sites excluding steroid dienone is 2. The summed E-state index contributed by atoms with van der Waals surface area (Å²) in [6.07, 6.45) is 3.86. The molecule has 0 bridgehead atoms. The molecule has 59 heavy (non-hydrogen) atoms. The van der Waals surface area contributed by atoms with Crippen LogP contribution in [0.15, 0.2) is 95.0 Å². The molecule has 11 nitrogen and oxygen atoms in total. The first-order valence-electron chi connectivity index (χ1n) is 20.3. The van der Waals surface area contributed by atoms with Crippen LogP contribution in [-0.2, 0) is 41.4 Å². The Morgan fingerprint density at radius 1 is 0.949 bits per heavy atom. The molecule has 0 fully saturated rings. The van der Waals surface area contributed by atoms with Crippen LogP contribution in [0.5, 0.6) is 5.75 Å². The number of halogens is 1. The van der Waals surface area contributed by atoms with Crippen molar-refractivity contribution in [1.29, 1.82) is 0 Å². The van der Waals surface area contributed by atoms with Crippen LogP contribution >= 0.6 is 15.9 Å². The number of benzene rings is 3. The SMILES string of the molecule is C/C(=C\CCCC(=O)N[C@@H](C)C(=O)N(C)[C@H](Cc1ccc(OCc2ccccc2)c(Br)c1)C(=O)O)CC[C@H](C)OC(=O)C(N)C(O[Si](C)(C)C(C)(C)C)c1ccccc1. The Morgan fingerprint density at radius 2 is 1.58 bits per heavy atom. The number of amides is 2. The zero-order valence-corrected chi connectivity index (χ0v) is 38.7. The van der Waals surface area contributed by atoms with E-state index in [-0.39, 0.29) is 29.9 Å². The molecule has 0 aromatic heterocycles. The van der Waals surface area contributed by atoms with Gasteiger partial charge in [0.2, 0.25) is 11.8 Å². The third kappa shape index (κ3) is 15.7. The average molecular weight is 895 g/mol. The quantitative estimate of drug-likeness (QED) is 0.0388. The first-order valence-corrected chi connectivity index (χ1v) is 24.0. The van der Waals surface area contributed by atoms with Crippen molar-refractivity contribution >= 4 is 48.0 Å². The number of carbonyl (C=O) groups is 4. The molecule has 4 N–H and O–H groups in total.